The maximum atomic E-state index is 12.8. The molecule has 7 heteroatoms. The number of ether oxygens (including phenoxy) is 2. The topological polar surface area (TPSA) is 93.0 Å². The highest BCUT2D eigenvalue weighted by atomic mass is 16.5. The summed E-state index contributed by atoms with van der Waals surface area (Å²) < 4.78 is 12.1. The van der Waals surface area contributed by atoms with E-state index in [0.717, 1.165) is 10.9 Å². The first-order valence-electron chi connectivity index (χ1n) is 7.98. The van der Waals surface area contributed by atoms with Crippen LogP contribution in [0.25, 0.3) is 10.8 Å². The molecule has 136 valence electrons. The third-order valence-corrected chi connectivity index (χ3v) is 4.20. The number of nitrogens with zero attached hydrogens (tertiary/aromatic N) is 1. The molecule has 1 heterocycles. The van der Waals surface area contributed by atoms with E-state index in [1.54, 1.807) is 54.7 Å². The van der Waals surface area contributed by atoms with Gasteiger partial charge in [-0.2, -0.15) is 5.48 Å². The predicted molar refractivity (Wildman–Crippen MR) is 96.7 cm³/mol. The summed E-state index contributed by atoms with van der Waals surface area (Å²) in [5.74, 6) is 1.29. The van der Waals surface area contributed by atoms with Gasteiger partial charge in [0.15, 0.2) is 6.23 Å². The van der Waals surface area contributed by atoms with Crippen molar-refractivity contribution in [3.8, 4) is 11.5 Å². The zero-order valence-corrected chi connectivity index (χ0v) is 14.5. The Hall–Kier alpha value is -2.87. The third kappa shape index (κ3) is 3.55. The molecule has 0 fully saturated rings. The highest BCUT2D eigenvalue weighted by Gasteiger charge is 2.10. The molecule has 0 aliphatic heterocycles. The molecule has 2 aromatic carbocycles. The van der Waals surface area contributed by atoms with Crippen LogP contribution in [0, 0.1) is 0 Å². The molecule has 3 rings (SSSR count). The van der Waals surface area contributed by atoms with E-state index in [1.807, 2.05) is 18.2 Å². The molecule has 0 radical (unpaired) electrons. The molecule has 26 heavy (non-hydrogen) atoms. The number of nitrogens with one attached hydrogen (secondary N) is 1. The number of aromatic nitrogens is 1. The van der Waals surface area contributed by atoms with E-state index in [4.69, 9.17) is 14.7 Å². The van der Waals surface area contributed by atoms with E-state index in [9.17, 15) is 9.90 Å². The summed E-state index contributed by atoms with van der Waals surface area (Å²) >= 11 is 0. The maximum absolute atomic E-state index is 12.8. The summed E-state index contributed by atoms with van der Waals surface area (Å²) in [5, 5.41) is 19.8. The van der Waals surface area contributed by atoms with Crippen LogP contribution in [0.5, 0.6) is 11.5 Å². The smallest absolute Gasteiger partial charge is 0.258 e. The molecule has 0 saturated carbocycles. The minimum Gasteiger partial charge on any atom is -0.497 e. The zero-order chi connectivity index (χ0) is 18.7. The predicted octanol–water partition coefficient (Wildman–Crippen LogP) is 2.04. The number of hydroxylamine groups is 1. The maximum Gasteiger partial charge on any atom is 0.258 e. The van der Waals surface area contributed by atoms with Gasteiger partial charge in [-0.05, 0) is 40.8 Å². The fourth-order valence-electron chi connectivity index (χ4n) is 2.82. The Balaban J connectivity index is 2.03. The number of rotatable bonds is 6. The number of fused-ring (bicyclic) bond motifs is 1. The van der Waals surface area contributed by atoms with Crippen LogP contribution < -0.4 is 20.5 Å². The Morgan fingerprint density at radius 3 is 2.38 bits per heavy atom. The highest BCUT2D eigenvalue weighted by Crippen LogP contribution is 2.23. The first kappa shape index (κ1) is 17.9. The lowest BCUT2D eigenvalue weighted by Gasteiger charge is -2.12. The van der Waals surface area contributed by atoms with E-state index in [2.05, 4.69) is 0 Å². The number of pyridine rings is 1. The van der Waals surface area contributed by atoms with Crippen molar-refractivity contribution in [2.75, 3.05) is 14.2 Å². The average Bonchev–Trinajstić information content (AvgIpc) is 2.69. The van der Waals surface area contributed by atoms with Gasteiger partial charge in [0.25, 0.3) is 5.56 Å². The molecule has 0 aliphatic carbocycles. The van der Waals surface area contributed by atoms with Crippen molar-refractivity contribution in [3.05, 3.63) is 70.1 Å². The first-order chi connectivity index (χ1) is 12.5. The van der Waals surface area contributed by atoms with Crippen molar-refractivity contribution in [2.45, 2.75) is 12.8 Å². The molecule has 1 aromatic heterocycles. The van der Waals surface area contributed by atoms with Crippen LogP contribution in [0.1, 0.15) is 17.4 Å². The molecule has 3 aromatic rings. The lowest BCUT2D eigenvalue weighted by molar-refractivity contribution is 0.000774. The van der Waals surface area contributed by atoms with Crippen LogP contribution in [0.4, 0.5) is 0 Å². The summed E-state index contributed by atoms with van der Waals surface area (Å²) in [7, 11) is 3.14. The second kappa shape index (κ2) is 7.57. The zero-order valence-electron chi connectivity index (χ0n) is 14.5. The van der Waals surface area contributed by atoms with Gasteiger partial charge in [-0.1, -0.05) is 12.1 Å². The first-order valence-corrected chi connectivity index (χ1v) is 7.98. The molecule has 0 amide bonds. The van der Waals surface area contributed by atoms with Crippen molar-refractivity contribution in [1.29, 1.82) is 0 Å². The van der Waals surface area contributed by atoms with E-state index in [0.29, 0.717) is 29.0 Å². The highest BCUT2D eigenvalue weighted by molar-refractivity contribution is 5.82. The fourth-order valence-corrected chi connectivity index (χ4v) is 2.82. The number of hydrogen-bond donors (Lipinski definition) is 3. The summed E-state index contributed by atoms with van der Waals surface area (Å²) in [6.07, 6.45) is 0.465. The molecule has 1 unspecified atom stereocenters. The molecular weight excluding hydrogens is 336 g/mol. The Morgan fingerprint density at radius 2 is 1.77 bits per heavy atom. The SMILES string of the molecule is COc1cc(Cn2ccc3ccc(C(O)NO)cc3c2=O)cc(OC)c1. The molecule has 0 saturated heterocycles. The number of hydrogen-bond acceptors (Lipinski definition) is 6. The van der Waals surface area contributed by atoms with E-state index in [-0.39, 0.29) is 5.56 Å². The molecule has 0 bridgehead atoms. The third-order valence-electron chi connectivity index (χ3n) is 4.20. The van der Waals surface area contributed by atoms with Gasteiger partial charge >= 0.3 is 0 Å². The van der Waals surface area contributed by atoms with Crippen molar-refractivity contribution >= 4 is 10.8 Å². The summed E-state index contributed by atoms with van der Waals surface area (Å²) in [5.41, 5.74) is 2.82. The van der Waals surface area contributed by atoms with Gasteiger partial charge in [-0.15, -0.1) is 0 Å². The number of methoxy groups -OCH3 is 2. The molecule has 3 N–H and O–H groups in total. The summed E-state index contributed by atoms with van der Waals surface area (Å²) in [6.45, 7) is 0.341. The Morgan fingerprint density at radius 1 is 1.08 bits per heavy atom. The lowest BCUT2D eigenvalue weighted by Crippen LogP contribution is -2.21. The Labute approximate surface area is 150 Å². The molecule has 0 aliphatic rings. The minimum absolute atomic E-state index is 0.198. The minimum atomic E-state index is -1.25. The average molecular weight is 356 g/mol. The van der Waals surface area contributed by atoms with Gasteiger partial charge < -0.3 is 24.4 Å². The van der Waals surface area contributed by atoms with Crippen LogP contribution in [0.3, 0.4) is 0 Å². The number of aliphatic hydroxyl groups excluding tert-OH is 1. The van der Waals surface area contributed by atoms with Crippen LogP contribution in [0.15, 0.2) is 53.5 Å². The van der Waals surface area contributed by atoms with Gasteiger partial charge in [-0.3, -0.25) is 4.79 Å². The normalized spacial score (nSPS) is 12.2. The monoisotopic (exact) mass is 356 g/mol. The van der Waals surface area contributed by atoms with E-state index >= 15 is 0 Å². The van der Waals surface area contributed by atoms with E-state index in [1.165, 1.54) is 0 Å². The molecule has 0 spiro atoms. The second-order valence-corrected chi connectivity index (χ2v) is 5.85. The number of aliphatic hydroxyl groups is 1. The fraction of sp³-hybridized carbons (Fsp3) is 0.211. The van der Waals surface area contributed by atoms with Crippen molar-refractivity contribution in [2.24, 2.45) is 0 Å². The van der Waals surface area contributed by atoms with Crippen LogP contribution in [-0.4, -0.2) is 29.1 Å². The van der Waals surface area contributed by atoms with Crippen LogP contribution in [-0.2, 0) is 6.54 Å². The van der Waals surface area contributed by atoms with Crippen molar-refractivity contribution < 1.29 is 19.8 Å². The lowest BCUT2D eigenvalue weighted by atomic mass is 10.1. The molecular formula is C19H20N2O5. The van der Waals surface area contributed by atoms with E-state index < -0.39 is 6.23 Å². The van der Waals surface area contributed by atoms with Gasteiger partial charge in [-0.25, -0.2) is 0 Å². The van der Waals surface area contributed by atoms with Crippen molar-refractivity contribution in [3.63, 3.8) is 0 Å². The standard InChI is InChI=1S/C19H20N2O5/c1-25-15-7-12(8-16(10-15)26-2)11-21-6-5-13-3-4-14(18(22)20-24)9-17(13)19(21)23/h3-10,18,20,22,24H,11H2,1-2H3. The van der Waals surface area contributed by atoms with Gasteiger partial charge in [0.1, 0.15) is 11.5 Å². The summed E-state index contributed by atoms with van der Waals surface area (Å²) in [4.78, 5) is 12.8. The summed E-state index contributed by atoms with van der Waals surface area (Å²) in [6, 6.07) is 12.2. The number of benzene rings is 2. The van der Waals surface area contributed by atoms with Gasteiger partial charge in [0.2, 0.25) is 0 Å². The Bertz CT molecular complexity index is 961. The van der Waals surface area contributed by atoms with Crippen LogP contribution in [0.2, 0.25) is 0 Å². The van der Waals surface area contributed by atoms with Gasteiger partial charge in [0, 0.05) is 17.6 Å². The van der Waals surface area contributed by atoms with Gasteiger partial charge in [0.05, 0.1) is 20.8 Å². The second-order valence-electron chi connectivity index (χ2n) is 5.85. The van der Waals surface area contributed by atoms with Crippen molar-refractivity contribution in [1.82, 2.24) is 10.0 Å². The molecule has 7 nitrogen and oxygen atoms in total. The Kier molecular flexibility index (Phi) is 5.22. The molecule has 1 atom stereocenters. The quantitative estimate of drug-likeness (QED) is 0.462. The van der Waals surface area contributed by atoms with Crippen LogP contribution >= 0.6 is 0 Å². The largest absolute Gasteiger partial charge is 0.497 e.